The molecule has 0 unspecified atom stereocenters. The number of halogens is 1. The van der Waals surface area contributed by atoms with E-state index in [9.17, 15) is 9.18 Å². The van der Waals surface area contributed by atoms with Crippen LogP contribution in [0.15, 0.2) is 36.5 Å². The maximum absolute atomic E-state index is 13.0. The van der Waals surface area contributed by atoms with E-state index in [1.165, 1.54) is 12.1 Å². The average Bonchev–Trinajstić information content (AvgIpc) is 3.09. The van der Waals surface area contributed by atoms with Crippen LogP contribution in [0.25, 0.3) is 0 Å². The highest BCUT2D eigenvalue weighted by Gasteiger charge is 2.25. The van der Waals surface area contributed by atoms with E-state index in [1.807, 2.05) is 30.1 Å². The highest BCUT2D eigenvalue weighted by atomic mass is 19.1. The third kappa shape index (κ3) is 5.07. The van der Waals surface area contributed by atoms with Crippen molar-refractivity contribution in [1.82, 2.24) is 20.0 Å². The standard InChI is InChI=1S/C20H27FN4O2/c1-24-19(7-10-22-24)18(14-27-2)23-20(26)25-11-8-16(9-12-25)13-15-3-5-17(21)6-4-15/h3-7,10,16,18H,8-9,11-14H2,1-2H3,(H,23,26)/t18-/m0/s1. The van der Waals surface area contributed by atoms with E-state index >= 15 is 0 Å². The largest absolute Gasteiger partial charge is 0.382 e. The molecule has 2 amide bonds. The lowest BCUT2D eigenvalue weighted by Gasteiger charge is -2.33. The Morgan fingerprint density at radius 2 is 2.00 bits per heavy atom. The number of amides is 2. The molecule has 1 N–H and O–H groups in total. The van der Waals surface area contributed by atoms with Gasteiger partial charge >= 0.3 is 6.03 Å². The van der Waals surface area contributed by atoms with Crippen LogP contribution in [0, 0.1) is 11.7 Å². The number of methoxy groups -OCH3 is 1. The van der Waals surface area contributed by atoms with E-state index in [0.29, 0.717) is 12.5 Å². The van der Waals surface area contributed by atoms with Gasteiger partial charge in [-0.1, -0.05) is 12.1 Å². The third-order valence-electron chi connectivity index (χ3n) is 5.19. The second kappa shape index (κ2) is 8.99. The van der Waals surface area contributed by atoms with Gasteiger partial charge < -0.3 is 15.0 Å². The number of aryl methyl sites for hydroxylation is 1. The first-order valence-electron chi connectivity index (χ1n) is 9.33. The van der Waals surface area contributed by atoms with E-state index in [1.54, 1.807) is 18.0 Å². The Kier molecular flexibility index (Phi) is 6.45. The second-order valence-corrected chi connectivity index (χ2v) is 7.10. The number of aromatic nitrogens is 2. The molecule has 0 saturated carbocycles. The predicted octanol–water partition coefficient (Wildman–Crippen LogP) is 2.91. The molecule has 7 heteroatoms. The van der Waals surface area contributed by atoms with Crippen LogP contribution in [0.4, 0.5) is 9.18 Å². The Labute approximate surface area is 159 Å². The summed E-state index contributed by atoms with van der Waals surface area (Å²) in [5.41, 5.74) is 2.06. The number of rotatable bonds is 6. The number of benzene rings is 1. The summed E-state index contributed by atoms with van der Waals surface area (Å²) in [5.74, 6) is 0.315. The zero-order valence-corrected chi connectivity index (χ0v) is 15.9. The van der Waals surface area contributed by atoms with Gasteiger partial charge in [-0.25, -0.2) is 9.18 Å². The number of nitrogens with one attached hydrogen (secondary N) is 1. The van der Waals surface area contributed by atoms with Gasteiger partial charge in [-0.15, -0.1) is 0 Å². The molecule has 0 aliphatic carbocycles. The molecular formula is C20H27FN4O2. The van der Waals surface area contributed by atoms with Crippen LogP contribution in [-0.2, 0) is 18.2 Å². The second-order valence-electron chi connectivity index (χ2n) is 7.10. The topological polar surface area (TPSA) is 59.4 Å². The quantitative estimate of drug-likeness (QED) is 0.846. The molecule has 6 nitrogen and oxygen atoms in total. The maximum atomic E-state index is 13.0. The average molecular weight is 374 g/mol. The molecule has 0 bridgehead atoms. The van der Waals surface area contributed by atoms with E-state index in [2.05, 4.69) is 10.4 Å². The van der Waals surface area contributed by atoms with Crippen molar-refractivity contribution in [2.24, 2.45) is 13.0 Å². The number of urea groups is 1. The molecule has 1 saturated heterocycles. The van der Waals surface area contributed by atoms with Crippen LogP contribution in [0.1, 0.15) is 30.1 Å². The number of hydrogen-bond acceptors (Lipinski definition) is 3. The fourth-order valence-electron chi connectivity index (χ4n) is 3.63. The number of hydrogen-bond donors (Lipinski definition) is 1. The van der Waals surface area contributed by atoms with Gasteiger partial charge in [-0.05, 0) is 48.9 Å². The molecule has 27 heavy (non-hydrogen) atoms. The third-order valence-corrected chi connectivity index (χ3v) is 5.19. The molecule has 0 spiro atoms. The minimum absolute atomic E-state index is 0.0708. The Bertz CT molecular complexity index is 739. The number of likely N-dealkylation sites (tertiary alicyclic amines) is 1. The molecule has 2 heterocycles. The van der Waals surface area contributed by atoms with Gasteiger partial charge in [0.2, 0.25) is 0 Å². The SMILES string of the molecule is COC[C@H](NC(=O)N1CCC(Cc2ccc(F)cc2)CC1)c1ccnn1C. The van der Waals surface area contributed by atoms with E-state index in [4.69, 9.17) is 4.74 Å². The first kappa shape index (κ1) is 19.4. The van der Waals surface area contributed by atoms with E-state index in [-0.39, 0.29) is 17.9 Å². The normalized spacial score (nSPS) is 16.3. The Hall–Kier alpha value is -2.41. The van der Waals surface area contributed by atoms with Crippen molar-refractivity contribution < 1.29 is 13.9 Å². The van der Waals surface area contributed by atoms with Crippen molar-refractivity contribution in [2.45, 2.75) is 25.3 Å². The highest BCUT2D eigenvalue weighted by Crippen LogP contribution is 2.22. The highest BCUT2D eigenvalue weighted by molar-refractivity contribution is 5.74. The van der Waals surface area contributed by atoms with Gasteiger partial charge in [-0.3, -0.25) is 4.68 Å². The monoisotopic (exact) mass is 374 g/mol. The van der Waals surface area contributed by atoms with Crippen molar-refractivity contribution in [3.8, 4) is 0 Å². The summed E-state index contributed by atoms with van der Waals surface area (Å²) in [6, 6.07) is 8.29. The smallest absolute Gasteiger partial charge is 0.318 e. The van der Waals surface area contributed by atoms with Gasteiger partial charge in [0.15, 0.2) is 0 Å². The number of piperidine rings is 1. The van der Waals surface area contributed by atoms with Gasteiger partial charge in [0.05, 0.1) is 18.3 Å². The zero-order chi connectivity index (χ0) is 19.2. The van der Waals surface area contributed by atoms with E-state index in [0.717, 1.165) is 43.6 Å². The van der Waals surface area contributed by atoms with Gasteiger partial charge in [0.25, 0.3) is 0 Å². The van der Waals surface area contributed by atoms with Crippen LogP contribution < -0.4 is 5.32 Å². The molecule has 1 aliphatic rings. The minimum Gasteiger partial charge on any atom is -0.382 e. The van der Waals surface area contributed by atoms with Crippen LogP contribution in [0.5, 0.6) is 0 Å². The van der Waals surface area contributed by atoms with Crippen molar-refractivity contribution in [3.05, 3.63) is 53.6 Å². The van der Waals surface area contributed by atoms with Crippen molar-refractivity contribution in [3.63, 3.8) is 0 Å². The number of ether oxygens (including phenoxy) is 1. The molecule has 1 atom stereocenters. The number of carbonyl (C=O) groups is 1. The Balaban J connectivity index is 1.51. The first-order valence-corrected chi connectivity index (χ1v) is 9.33. The maximum Gasteiger partial charge on any atom is 0.318 e. The molecule has 0 radical (unpaired) electrons. The Morgan fingerprint density at radius 3 is 2.59 bits per heavy atom. The minimum atomic E-state index is -0.230. The van der Waals surface area contributed by atoms with Crippen LogP contribution >= 0.6 is 0 Å². The molecule has 1 aliphatic heterocycles. The van der Waals surface area contributed by atoms with Crippen molar-refractivity contribution >= 4 is 6.03 Å². The molecule has 3 rings (SSSR count). The summed E-state index contributed by atoms with van der Waals surface area (Å²) in [6.45, 7) is 1.85. The van der Waals surface area contributed by atoms with E-state index < -0.39 is 0 Å². The molecule has 1 aromatic heterocycles. The molecular weight excluding hydrogens is 347 g/mol. The Morgan fingerprint density at radius 1 is 1.30 bits per heavy atom. The fourth-order valence-corrected chi connectivity index (χ4v) is 3.63. The van der Waals surface area contributed by atoms with Gasteiger partial charge in [0, 0.05) is 33.4 Å². The number of nitrogens with zero attached hydrogens (tertiary/aromatic N) is 3. The predicted molar refractivity (Wildman–Crippen MR) is 101 cm³/mol. The van der Waals surface area contributed by atoms with Crippen molar-refractivity contribution in [1.29, 1.82) is 0 Å². The van der Waals surface area contributed by atoms with Crippen LogP contribution in [0.2, 0.25) is 0 Å². The number of carbonyl (C=O) groups excluding carboxylic acids is 1. The summed E-state index contributed by atoms with van der Waals surface area (Å²) in [6.07, 6.45) is 4.54. The summed E-state index contributed by atoms with van der Waals surface area (Å²) < 4.78 is 20.0. The zero-order valence-electron chi connectivity index (χ0n) is 15.9. The van der Waals surface area contributed by atoms with Gasteiger partial charge in [0.1, 0.15) is 5.82 Å². The fraction of sp³-hybridized carbons (Fsp3) is 0.500. The molecule has 146 valence electrons. The lowest BCUT2D eigenvalue weighted by Crippen LogP contribution is -2.46. The summed E-state index contributed by atoms with van der Waals surface area (Å²) >= 11 is 0. The molecule has 1 aromatic carbocycles. The summed E-state index contributed by atoms with van der Waals surface area (Å²) in [4.78, 5) is 14.5. The first-order chi connectivity index (χ1) is 13.1. The molecule has 2 aromatic rings. The lowest BCUT2D eigenvalue weighted by molar-refractivity contribution is 0.142. The summed E-state index contributed by atoms with van der Waals surface area (Å²) in [5, 5.41) is 7.23. The van der Waals surface area contributed by atoms with Crippen molar-refractivity contribution in [2.75, 3.05) is 26.8 Å². The van der Waals surface area contributed by atoms with Crippen LogP contribution in [-0.4, -0.2) is 47.5 Å². The van der Waals surface area contributed by atoms with Crippen LogP contribution in [0.3, 0.4) is 0 Å². The molecule has 1 fully saturated rings. The lowest BCUT2D eigenvalue weighted by atomic mass is 9.90. The van der Waals surface area contributed by atoms with Gasteiger partial charge in [-0.2, -0.15) is 5.10 Å². The summed E-state index contributed by atoms with van der Waals surface area (Å²) in [7, 11) is 3.47.